The van der Waals surface area contributed by atoms with Crippen molar-refractivity contribution in [1.82, 2.24) is 0 Å². The van der Waals surface area contributed by atoms with Crippen molar-refractivity contribution < 1.29 is 50.7 Å². The molecular weight excluding hydrogens is 562 g/mol. The molecule has 0 amide bonds. The fraction of sp³-hybridized carbons (Fsp3) is 0.308. The number of rotatable bonds is 7. The van der Waals surface area contributed by atoms with Crippen LogP contribution in [0.5, 0.6) is 0 Å². The van der Waals surface area contributed by atoms with Gasteiger partial charge < -0.3 is 24.8 Å². The number of halogens is 2. The van der Waals surface area contributed by atoms with E-state index in [0.717, 1.165) is 25.7 Å². The summed E-state index contributed by atoms with van der Waals surface area (Å²) >= 11 is 0. The van der Waals surface area contributed by atoms with Crippen LogP contribution in [0.4, 0.5) is 0 Å². The molecule has 1 unspecified atom stereocenters. The van der Waals surface area contributed by atoms with E-state index in [-0.39, 0.29) is 56.1 Å². The molecule has 4 rings (SSSR count). The van der Waals surface area contributed by atoms with Gasteiger partial charge in [-0.15, -0.1) is 6.58 Å². The van der Waals surface area contributed by atoms with E-state index in [4.69, 9.17) is 0 Å². The van der Waals surface area contributed by atoms with Gasteiger partial charge >= 0.3 is 0 Å². The van der Waals surface area contributed by atoms with Gasteiger partial charge in [-0.05, 0) is 59.9 Å². The van der Waals surface area contributed by atoms with Crippen molar-refractivity contribution in [2.45, 2.75) is 50.9 Å². The summed E-state index contributed by atoms with van der Waals surface area (Å²) in [6.45, 7) is 6.34. The Morgan fingerprint density at radius 2 is 1.76 bits per heavy atom. The SMILES string of the molecule is C=CCCC(CCC)(C1=CC=CC1)c1cccc2c1Cc1ccccc1-2.[Cl-].[Cl-].[Hf]. The molecule has 1 atom stereocenters. The van der Waals surface area contributed by atoms with E-state index < -0.39 is 0 Å². The second-order valence-electron chi connectivity index (χ2n) is 7.65. The standard InChI is InChI=1S/C26H28.2ClH.Hf/c1-3-5-18-26(17-4-2,21-12-7-8-13-21)25-16-10-15-23-22-14-9-6-11-20(22)19-24(23)25;;;/h3,6-12,14-16H,1,4-5,13,17-19H2,2H3;2*1H;/p-2. The molecule has 0 spiro atoms. The number of benzene rings is 2. The smallest absolute Gasteiger partial charge is 0.0174 e. The van der Waals surface area contributed by atoms with Crippen molar-refractivity contribution in [1.29, 1.82) is 0 Å². The molecule has 0 aliphatic heterocycles. The minimum atomic E-state index is 0. The number of hydrogen-bond donors (Lipinski definition) is 0. The van der Waals surface area contributed by atoms with Crippen molar-refractivity contribution in [3.05, 3.63) is 95.6 Å². The molecule has 0 saturated carbocycles. The third kappa shape index (κ3) is 4.73. The molecule has 2 aromatic rings. The second-order valence-corrected chi connectivity index (χ2v) is 7.65. The van der Waals surface area contributed by atoms with Crippen LogP contribution in [0.15, 0.2) is 78.9 Å². The first-order valence-corrected chi connectivity index (χ1v) is 9.98. The summed E-state index contributed by atoms with van der Waals surface area (Å²) in [4.78, 5) is 0. The Morgan fingerprint density at radius 3 is 2.45 bits per heavy atom. The average molecular weight is 590 g/mol. The van der Waals surface area contributed by atoms with Gasteiger partial charge in [-0.2, -0.15) is 0 Å². The monoisotopic (exact) mass is 590 g/mol. The van der Waals surface area contributed by atoms with Crippen LogP contribution in [-0.4, -0.2) is 0 Å². The molecule has 0 radical (unpaired) electrons. The molecule has 0 nitrogen and oxygen atoms in total. The zero-order chi connectivity index (χ0) is 18.0. The van der Waals surface area contributed by atoms with Crippen LogP contribution in [0.25, 0.3) is 11.1 Å². The topological polar surface area (TPSA) is 0 Å². The van der Waals surface area contributed by atoms with Gasteiger partial charge in [-0.3, -0.25) is 0 Å². The van der Waals surface area contributed by atoms with Crippen LogP contribution in [0.3, 0.4) is 0 Å². The molecule has 152 valence electrons. The van der Waals surface area contributed by atoms with Crippen LogP contribution >= 0.6 is 0 Å². The Hall–Kier alpha value is -0.890. The molecule has 0 bridgehead atoms. The largest absolute Gasteiger partial charge is 1.00 e. The van der Waals surface area contributed by atoms with E-state index in [0.29, 0.717) is 0 Å². The van der Waals surface area contributed by atoms with Gasteiger partial charge in [-0.25, -0.2) is 0 Å². The first kappa shape index (κ1) is 26.1. The van der Waals surface area contributed by atoms with Gasteiger partial charge in [0, 0.05) is 31.3 Å². The first-order chi connectivity index (χ1) is 12.8. The van der Waals surface area contributed by atoms with E-state index in [9.17, 15) is 0 Å². The van der Waals surface area contributed by atoms with Gasteiger partial charge in [-0.1, -0.05) is 85.7 Å². The Kier molecular flexibility index (Phi) is 10.4. The summed E-state index contributed by atoms with van der Waals surface area (Å²) < 4.78 is 0. The Bertz CT molecular complexity index is 897. The molecule has 0 N–H and O–H groups in total. The molecule has 29 heavy (non-hydrogen) atoms. The van der Waals surface area contributed by atoms with Gasteiger partial charge in [0.1, 0.15) is 0 Å². The fourth-order valence-electron chi connectivity index (χ4n) is 5.07. The van der Waals surface area contributed by atoms with Crippen LogP contribution in [0.2, 0.25) is 0 Å². The fourth-order valence-corrected chi connectivity index (χ4v) is 5.07. The molecule has 0 fully saturated rings. The van der Waals surface area contributed by atoms with Crippen molar-refractivity contribution in [2.24, 2.45) is 0 Å². The average Bonchev–Trinajstić information content (AvgIpc) is 3.33. The van der Waals surface area contributed by atoms with Gasteiger partial charge in [0.2, 0.25) is 0 Å². The third-order valence-corrected chi connectivity index (χ3v) is 6.20. The maximum Gasteiger partial charge on any atom is 0.0174 e. The summed E-state index contributed by atoms with van der Waals surface area (Å²) in [6.07, 6.45) is 15.8. The van der Waals surface area contributed by atoms with E-state index in [1.165, 1.54) is 29.5 Å². The number of allylic oxidation sites excluding steroid dienone is 5. The molecule has 3 heteroatoms. The van der Waals surface area contributed by atoms with E-state index >= 15 is 0 Å². The quantitative estimate of drug-likeness (QED) is 0.287. The van der Waals surface area contributed by atoms with E-state index in [1.807, 2.05) is 0 Å². The summed E-state index contributed by atoms with van der Waals surface area (Å²) in [5.41, 5.74) is 9.19. The van der Waals surface area contributed by atoms with Crippen LogP contribution in [0.1, 0.15) is 55.7 Å². The summed E-state index contributed by atoms with van der Waals surface area (Å²) in [6, 6.07) is 15.9. The zero-order valence-corrected chi connectivity index (χ0v) is 22.2. The molecular formula is C26H28Cl2Hf-2. The summed E-state index contributed by atoms with van der Waals surface area (Å²) in [7, 11) is 0. The summed E-state index contributed by atoms with van der Waals surface area (Å²) in [5, 5.41) is 0. The van der Waals surface area contributed by atoms with Crippen molar-refractivity contribution in [3.63, 3.8) is 0 Å². The second kappa shape index (κ2) is 11.5. The predicted molar refractivity (Wildman–Crippen MR) is 113 cm³/mol. The summed E-state index contributed by atoms with van der Waals surface area (Å²) in [5.74, 6) is 0. The minimum absolute atomic E-state index is 0. The maximum atomic E-state index is 4.01. The van der Waals surface area contributed by atoms with Crippen LogP contribution in [0, 0.1) is 0 Å². The minimum Gasteiger partial charge on any atom is -1.00 e. The molecule has 2 aliphatic carbocycles. The first-order valence-electron chi connectivity index (χ1n) is 9.98. The van der Waals surface area contributed by atoms with Crippen LogP contribution in [-0.2, 0) is 37.7 Å². The maximum absolute atomic E-state index is 4.01. The van der Waals surface area contributed by atoms with E-state index in [1.54, 1.807) is 16.7 Å². The van der Waals surface area contributed by atoms with Crippen molar-refractivity contribution in [3.8, 4) is 11.1 Å². The van der Waals surface area contributed by atoms with Gasteiger partial charge in [0.15, 0.2) is 0 Å². The van der Waals surface area contributed by atoms with Gasteiger partial charge in [0.25, 0.3) is 0 Å². The Labute approximate surface area is 207 Å². The molecule has 0 aromatic heterocycles. The number of fused-ring (bicyclic) bond motifs is 3. The van der Waals surface area contributed by atoms with Crippen LogP contribution < -0.4 is 24.8 Å². The molecule has 2 aromatic carbocycles. The normalized spacial score (nSPS) is 15.0. The van der Waals surface area contributed by atoms with Crippen molar-refractivity contribution in [2.75, 3.05) is 0 Å². The van der Waals surface area contributed by atoms with E-state index in [2.05, 4.69) is 80.3 Å². The van der Waals surface area contributed by atoms with Crippen molar-refractivity contribution >= 4 is 0 Å². The molecule has 2 aliphatic rings. The Balaban J connectivity index is 0.00000140. The molecule has 0 saturated heterocycles. The Morgan fingerprint density at radius 1 is 1.00 bits per heavy atom. The molecule has 0 heterocycles. The number of hydrogen-bond acceptors (Lipinski definition) is 0. The van der Waals surface area contributed by atoms with Gasteiger partial charge in [0.05, 0.1) is 0 Å². The predicted octanol–water partition coefficient (Wildman–Crippen LogP) is 1.15. The zero-order valence-electron chi connectivity index (χ0n) is 17.1. The third-order valence-electron chi connectivity index (χ3n) is 6.20.